The van der Waals surface area contributed by atoms with Crippen molar-refractivity contribution in [3.63, 3.8) is 0 Å². The molecule has 0 aliphatic heterocycles. The summed E-state index contributed by atoms with van der Waals surface area (Å²) in [6.45, 7) is 0. The van der Waals surface area contributed by atoms with E-state index in [1.54, 1.807) is 0 Å². The molecule has 0 spiro atoms. The van der Waals surface area contributed by atoms with Crippen LogP contribution in [0.3, 0.4) is 0 Å². The Labute approximate surface area is 116 Å². The van der Waals surface area contributed by atoms with E-state index in [9.17, 15) is 19.8 Å². The number of hydrogen-bond acceptors (Lipinski definition) is 6. The molecule has 0 amide bonds. The molecule has 0 aromatic carbocycles. The maximum Gasteiger partial charge on any atom is 0.332 e. The molecule has 116 valence electrons. The molecule has 20 heavy (non-hydrogen) atoms. The summed E-state index contributed by atoms with van der Waals surface area (Å²) < 4.78 is 19.6. The third-order valence-corrected chi connectivity index (χ3v) is 2.67. The summed E-state index contributed by atoms with van der Waals surface area (Å²) in [5.74, 6) is -2.71. The summed E-state index contributed by atoms with van der Waals surface area (Å²) in [7, 11) is 5.34. The van der Waals surface area contributed by atoms with E-state index in [1.165, 1.54) is 28.4 Å². The molecule has 0 heterocycles. The summed E-state index contributed by atoms with van der Waals surface area (Å²) in [4.78, 5) is 22.5. The van der Waals surface area contributed by atoms with Gasteiger partial charge in [-0.05, 0) is 0 Å². The van der Waals surface area contributed by atoms with Gasteiger partial charge in [0.1, 0.15) is 0 Å². The standard InChI is InChI=1S/C12H20O8/c1-17-9(18-2)5-7(11(13)14)8(12(15)16)6-10(19-3)20-4/h9-10H,5-6H2,1-4H3,(H,13,14)(H,15,16)/b8-7-. The van der Waals surface area contributed by atoms with Crippen molar-refractivity contribution in [3.8, 4) is 0 Å². The Morgan fingerprint density at radius 3 is 1.15 bits per heavy atom. The number of ether oxygens (including phenoxy) is 4. The molecule has 0 saturated carbocycles. The zero-order valence-electron chi connectivity index (χ0n) is 11.9. The molecule has 0 aliphatic rings. The summed E-state index contributed by atoms with van der Waals surface area (Å²) in [5.41, 5.74) is -0.629. The van der Waals surface area contributed by atoms with Crippen LogP contribution >= 0.6 is 0 Å². The summed E-state index contributed by atoms with van der Waals surface area (Å²) in [6.07, 6.45) is -2.10. The Morgan fingerprint density at radius 1 is 0.750 bits per heavy atom. The van der Waals surface area contributed by atoms with Crippen LogP contribution in [0.2, 0.25) is 0 Å². The third kappa shape index (κ3) is 5.66. The molecule has 0 radical (unpaired) electrons. The van der Waals surface area contributed by atoms with E-state index < -0.39 is 24.5 Å². The van der Waals surface area contributed by atoms with Gasteiger partial charge in [0.15, 0.2) is 12.6 Å². The van der Waals surface area contributed by atoms with E-state index in [1.807, 2.05) is 0 Å². The largest absolute Gasteiger partial charge is 0.478 e. The highest BCUT2D eigenvalue weighted by atomic mass is 16.7. The second kappa shape index (κ2) is 9.43. The number of rotatable bonds is 10. The lowest BCUT2D eigenvalue weighted by molar-refractivity contribution is -0.140. The Bertz CT molecular complexity index is 320. The van der Waals surface area contributed by atoms with E-state index in [-0.39, 0.29) is 24.0 Å². The van der Waals surface area contributed by atoms with Gasteiger partial charge in [-0.1, -0.05) is 0 Å². The summed E-state index contributed by atoms with van der Waals surface area (Å²) in [6, 6.07) is 0. The molecule has 0 aliphatic carbocycles. The lowest BCUT2D eigenvalue weighted by atomic mass is 10.0. The van der Waals surface area contributed by atoms with Crippen molar-refractivity contribution in [2.75, 3.05) is 28.4 Å². The van der Waals surface area contributed by atoms with Crippen molar-refractivity contribution >= 4 is 11.9 Å². The minimum absolute atomic E-state index is 0.204. The van der Waals surface area contributed by atoms with Crippen molar-refractivity contribution in [3.05, 3.63) is 11.1 Å². The average molecular weight is 292 g/mol. The quantitative estimate of drug-likeness (QED) is 0.441. The number of carboxylic acid groups (broad SMARTS) is 2. The van der Waals surface area contributed by atoms with Gasteiger partial charge >= 0.3 is 11.9 Å². The van der Waals surface area contributed by atoms with Crippen LogP contribution in [0.1, 0.15) is 12.8 Å². The highest BCUT2D eigenvalue weighted by molar-refractivity contribution is 5.98. The van der Waals surface area contributed by atoms with E-state index in [0.29, 0.717) is 0 Å². The monoisotopic (exact) mass is 292 g/mol. The van der Waals surface area contributed by atoms with Crippen LogP contribution in [-0.4, -0.2) is 63.2 Å². The van der Waals surface area contributed by atoms with Crippen molar-refractivity contribution in [1.82, 2.24) is 0 Å². The molecule has 8 nitrogen and oxygen atoms in total. The fourth-order valence-corrected chi connectivity index (χ4v) is 1.54. The van der Waals surface area contributed by atoms with Gasteiger partial charge in [0.05, 0.1) is 11.1 Å². The fraction of sp³-hybridized carbons (Fsp3) is 0.667. The van der Waals surface area contributed by atoms with Crippen LogP contribution in [0.5, 0.6) is 0 Å². The number of carbonyl (C=O) groups is 2. The highest BCUT2D eigenvalue weighted by Gasteiger charge is 2.26. The molecule has 0 aromatic rings. The minimum Gasteiger partial charge on any atom is -0.478 e. The van der Waals surface area contributed by atoms with E-state index in [4.69, 9.17) is 18.9 Å². The molecular formula is C12H20O8. The normalized spacial score (nSPS) is 12.7. The van der Waals surface area contributed by atoms with Crippen LogP contribution in [0, 0.1) is 0 Å². The summed E-state index contributed by atoms with van der Waals surface area (Å²) >= 11 is 0. The zero-order valence-corrected chi connectivity index (χ0v) is 11.9. The van der Waals surface area contributed by atoms with Gasteiger partial charge in [0, 0.05) is 41.3 Å². The molecule has 8 heteroatoms. The van der Waals surface area contributed by atoms with Crippen molar-refractivity contribution < 1.29 is 38.7 Å². The smallest absolute Gasteiger partial charge is 0.332 e. The maximum absolute atomic E-state index is 11.3. The van der Waals surface area contributed by atoms with Crippen LogP contribution in [0.4, 0.5) is 0 Å². The van der Waals surface area contributed by atoms with Gasteiger partial charge in [-0.15, -0.1) is 0 Å². The van der Waals surface area contributed by atoms with E-state index in [2.05, 4.69) is 0 Å². The molecule has 0 aromatic heterocycles. The van der Waals surface area contributed by atoms with Crippen LogP contribution in [0.15, 0.2) is 11.1 Å². The third-order valence-electron chi connectivity index (χ3n) is 2.67. The Hall–Kier alpha value is -1.48. The van der Waals surface area contributed by atoms with Gasteiger partial charge in [0.2, 0.25) is 0 Å². The van der Waals surface area contributed by atoms with Crippen molar-refractivity contribution in [1.29, 1.82) is 0 Å². The van der Waals surface area contributed by atoms with Crippen LogP contribution < -0.4 is 0 Å². The molecule has 2 N–H and O–H groups in total. The van der Waals surface area contributed by atoms with Crippen LogP contribution in [0.25, 0.3) is 0 Å². The first kappa shape index (κ1) is 18.5. The molecule has 0 unspecified atom stereocenters. The summed E-state index contributed by atoms with van der Waals surface area (Å²) in [5, 5.41) is 18.4. The first-order valence-electron chi connectivity index (χ1n) is 5.70. The molecule has 0 saturated heterocycles. The number of hydrogen-bond donors (Lipinski definition) is 2. The second-order valence-corrected chi connectivity index (χ2v) is 3.78. The van der Waals surface area contributed by atoms with Crippen molar-refractivity contribution in [2.24, 2.45) is 0 Å². The zero-order chi connectivity index (χ0) is 15.7. The Balaban J connectivity index is 5.44. The number of aliphatic carboxylic acids is 2. The van der Waals surface area contributed by atoms with Gasteiger partial charge in [0.25, 0.3) is 0 Å². The first-order chi connectivity index (χ1) is 9.40. The maximum atomic E-state index is 11.3. The second-order valence-electron chi connectivity index (χ2n) is 3.78. The number of methoxy groups -OCH3 is 4. The molecular weight excluding hydrogens is 272 g/mol. The molecule has 0 rings (SSSR count). The molecule has 0 atom stereocenters. The number of carboxylic acids is 2. The lowest BCUT2D eigenvalue weighted by Gasteiger charge is -2.18. The predicted molar refractivity (Wildman–Crippen MR) is 67.1 cm³/mol. The Morgan fingerprint density at radius 2 is 1.00 bits per heavy atom. The van der Waals surface area contributed by atoms with Gasteiger partial charge in [-0.25, -0.2) is 9.59 Å². The first-order valence-corrected chi connectivity index (χ1v) is 5.70. The predicted octanol–water partition coefficient (Wildman–Crippen LogP) is 0.470. The lowest BCUT2D eigenvalue weighted by Crippen LogP contribution is -2.23. The molecule has 0 bridgehead atoms. The average Bonchev–Trinajstić information content (AvgIpc) is 2.42. The highest BCUT2D eigenvalue weighted by Crippen LogP contribution is 2.20. The van der Waals surface area contributed by atoms with Gasteiger partial charge in [-0.2, -0.15) is 0 Å². The van der Waals surface area contributed by atoms with Crippen LogP contribution in [-0.2, 0) is 28.5 Å². The fourth-order valence-electron chi connectivity index (χ4n) is 1.54. The van der Waals surface area contributed by atoms with Gasteiger partial charge in [-0.3, -0.25) is 0 Å². The van der Waals surface area contributed by atoms with E-state index >= 15 is 0 Å². The Kier molecular flexibility index (Phi) is 8.73. The van der Waals surface area contributed by atoms with Crippen molar-refractivity contribution in [2.45, 2.75) is 25.4 Å². The SMILES string of the molecule is COC(C/C(C(=O)O)=C(\CC(OC)OC)C(=O)O)OC. The molecule has 0 fully saturated rings. The topological polar surface area (TPSA) is 112 Å². The minimum atomic E-state index is -1.35. The van der Waals surface area contributed by atoms with E-state index in [0.717, 1.165) is 0 Å². The van der Waals surface area contributed by atoms with Gasteiger partial charge < -0.3 is 29.2 Å².